The van der Waals surface area contributed by atoms with Crippen LogP contribution in [0.5, 0.6) is 0 Å². The molecule has 3 saturated carbocycles. The maximum atomic E-state index is 13.9. The van der Waals surface area contributed by atoms with Crippen molar-refractivity contribution in [2.75, 3.05) is 19.6 Å². The summed E-state index contributed by atoms with van der Waals surface area (Å²) in [5, 5.41) is 8.36. The van der Waals surface area contributed by atoms with Crippen LogP contribution >= 0.6 is 0 Å². The SMILES string of the molecule is CC1CCCC(C2CCC([C@H]3C4CN(S(=O)(=O)C5CCCCC5C(F)(F)F)CCCCN4[C@@H]3CC(=O)O)CC2)C1C. The number of aliphatic carboxylic acids is 1. The molecule has 0 aromatic heterocycles. The van der Waals surface area contributed by atoms with Gasteiger partial charge in [-0.3, -0.25) is 9.69 Å². The summed E-state index contributed by atoms with van der Waals surface area (Å²) in [7, 11) is -4.14. The van der Waals surface area contributed by atoms with Crippen LogP contribution in [0.4, 0.5) is 13.2 Å². The first-order chi connectivity index (χ1) is 19.4. The van der Waals surface area contributed by atoms with Crippen molar-refractivity contribution in [3.63, 3.8) is 0 Å². The maximum absolute atomic E-state index is 13.9. The van der Waals surface area contributed by atoms with Crippen LogP contribution in [-0.2, 0) is 14.8 Å². The third kappa shape index (κ3) is 6.50. The number of carboxylic acid groups (broad SMARTS) is 1. The van der Waals surface area contributed by atoms with E-state index in [4.69, 9.17) is 0 Å². The van der Waals surface area contributed by atoms with Crippen LogP contribution in [0, 0.1) is 41.4 Å². The smallest absolute Gasteiger partial charge is 0.393 e. The Morgan fingerprint density at radius 1 is 0.854 bits per heavy atom. The minimum Gasteiger partial charge on any atom is -0.481 e. The molecule has 0 radical (unpaired) electrons. The Hall–Kier alpha value is -0.870. The van der Waals surface area contributed by atoms with Crippen LogP contribution in [0.25, 0.3) is 0 Å². The Morgan fingerprint density at radius 2 is 1.51 bits per heavy atom. The van der Waals surface area contributed by atoms with E-state index in [0.29, 0.717) is 31.1 Å². The second-order valence-corrected chi connectivity index (χ2v) is 16.4. The van der Waals surface area contributed by atoms with E-state index in [1.165, 1.54) is 23.6 Å². The molecule has 6 nitrogen and oxygen atoms in total. The molecule has 8 atom stereocenters. The molecular weight excluding hydrogens is 553 g/mol. The van der Waals surface area contributed by atoms with Crippen LogP contribution in [-0.4, -0.2) is 71.8 Å². The summed E-state index contributed by atoms with van der Waals surface area (Å²) in [5.74, 6) is 0.734. The molecular formula is C31H51F3N2O4S. The molecule has 0 amide bonds. The molecule has 2 saturated heterocycles. The van der Waals surface area contributed by atoms with Crippen molar-refractivity contribution in [1.29, 1.82) is 0 Å². The highest BCUT2D eigenvalue weighted by Gasteiger charge is 2.56. The predicted octanol–water partition coefficient (Wildman–Crippen LogP) is 6.56. The Labute approximate surface area is 244 Å². The summed E-state index contributed by atoms with van der Waals surface area (Å²) in [6.45, 7) is 5.97. The lowest BCUT2D eigenvalue weighted by Crippen LogP contribution is -2.70. The van der Waals surface area contributed by atoms with E-state index in [1.54, 1.807) is 0 Å². The summed E-state index contributed by atoms with van der Waals surface area (Å²) in [4.78, 5) is 14.1. The van der Waals surface area contributed by atoms with E-state index in [1.807, 2.05) is 0 Å². The van der Waals surface area contributed by atoms with Gasteiger partial charge < -0.3 is 5.11 Å². The van der Waals surface area contributed by atoms with E-state index in [9.17, 15) is 31.5 Å². The molecule has 41 heavy (non-hydrogen) atoms. The van der Waals surface area contributed by atoms with Gasteiger partial charge in [0.2, 0.25) is 10.0 Å². The molecule has 5 aliphatic rings. The highest BCUT2D eigenvalue weighted by molar-refractivity contribution is 7.89. The molecule has 2 aliphatic heterocycles. The van der Waals surface area contributed by atoms with Gasteiger partial charge in [0.15, 0.2) is 0 Å². The van der Waals surface area contributed by atoms with Crippen LogP contribution in [0.2, 0.25) is 0 Å². The maximum Gasteiger partial charge on any atom is 0.393 e. The summed E-state index contributed by atoms with van der Waals surface area (Å²) in [6.07, 6.45) is 5.97. The number of sulfonamides is 1. The number of carboxylic acids is 1. The number of fused-ring (bicyclic) bond motifs is 1. The summed E-state index contributed by atoms with van der Waals surface area (Å²) < 4.78 is 70.9. The average Bonchev–Trinajstić information content (AvgIpc) is 2.91. The largest absolute Gasteiger partial charge is 0.481 e. The first kappa shape index (κ1) is 31.6. The van der Waals surface area contributed by atoms with Gasteiger partial charge in [0, 0.05) is 25.2 Å². The van der Waals surface area contributed by atoms with E-state index in [0.717, 1.165) is 56.4 Å². The zero-order chi connectivity index (χ0) is 29.5. The monoisotopic (exact) mass is 604 g/mol. The summed E-state index contributed by atoms with van der Waals surface area (Å²) >= 11 is 0. The van der Waals surface area contributed by atoms with Crippen LogP contribution in [0.1, 0.15) is 104 Å². The molecule has 236 valence electrons. The number of rotatable bonds is 6. The first-order valence-electron chi connectivity index (χ1n) is 16.4. The molecule has 0 aromatic carbocycles. The molecule has 5 fully saturated rings. The minimum atomic E-state index is -4.52. The molecule has 6 unspecified atom stereocenters. The predicted molar refractivity (Wildman–Crippen MR) is 153 cm³/mol. The van der Waals surface area contributed by atoms with Gasteiger partial charge in [-0.2, -0.15) is 13.2 Å². The van der Waals surface area contributed by atoms with E-state index < -0.39 is 33.3 Å². The second kappa shape index (κ2) is 12.6. The standard InChI is InChI=1S/C31H51F3N2O4S/c1-20-8-7-9-24(21(20)2)22-12-14-23(15-13-22)30-26(18-29(37)38)36-17-6-5-16-35(19-27(30)36)41(39,40)28-11-4-3-10-25(28)31(32,33)34/h20-28,30H,3-19H2,1-2H3,(H,37,38)/t20?,21?,22?,23?,24?,25?,26-,27?,28?,30-/m1/s1. The van der Waals surface area contributed by atoms with Crippen molar-refractivity contribution in [1.82, 2.24) is 9.21 Å². The first-order valence-corrected chi connectivity index (χ1v) is 17.9. The normalized spacial score (nSPS) is 42.0. The van der Waals surface area contributed by atoms with E-state index >= 15 is 0 Å². The quantitative estimate of drug-likeness (QED) is 0.372. The molecule has 3 aliphatic carbocycles. The molecule has 2 heterocycles. The second-order valence-electron chi connectivity index (χ2n) is 14.2. The Balaban J connectivity index is 1.33. The van der Waals surface area contributed by atoms with E-state index in [2.05, 4.69) is 18.7 Å². The molecule has 10 heteroatoms. The van der Waals surface area contributed by atoms with Crippen molar-refractivity contribution in [3.05, 3.63) is 0 Å². The van der Waals surface area contributed by atoms with Crippen molar-refractivity contribution in [2.24, 2.45) is 41.4 Å². The lowest BCUT2D eigenvalue weighted by molar-refractivity contribution is -0.180. The van der Waals surface area contributed by atoms with Crippen molar-refractivity contribution in [2.45, 2.75) is 127 Å². The lowest BCUT2D eigenvalue weighted by Gasteiger charge is -2.60. The Morgan fingerprint density at radius 3 is 2.20 bits per heavy atom. The minimum absolute atomic E-state index is 0.0454. The number of alkyl halides is 3. The molecule has 0 spiro atoms. The van der Waals surface area contributed by atoms with Gasteiger partial charge in [-0.15, -0.1) is 0 Å². The number of nitrogens with zero attached hydrogens (tertiary/aromatic N) is 2. The highest BCUT2D eigenvalue weighted by Crippen LogP contribution is 2.51. The van der Waals surface area contributed by atoms with Crippen LogP contribution in [0.3, 0.4) is 0 Å². The van der Waals surface area contributed by atoms with Gasteiger partial charge in [-0.1, -0.05) is 39.5 Å². The van der Waals surface area contributed by atoms with Gasteiger partial charge in [-0.25, -0.2) is 12.7 Å². The highest BCUT2D eigenvalue weighted by atomic mass is 32.2. The van der Waals surface area contributed by atoms with Crippen LogP contribution in [0.15, 0.2) is 0 Å². The Bertz CT molecular complexity index is 1020. The zero-order valence-electron chi connectivity index (χ0n) is 24.9. The van der Waals surface area contributed by atoms with Gasteiger partial charge in [0.1, 0.15) is 0 Å². The number of hydrogen-bond acceptors (Lipinski definition) is 4. The fourth-order valence-electron chi connectivity index (χ4n) is 9.84. The molecule has 0 bridgehead atoms. The number of halogens is 3. The van der Waals surface area contributed by atoms with Gasteiger partial charge in [0.05, 0.1) is 17.6 Å². The third-order valence-electron chi connectivity index (χ3n) is 12.2. The van der Waals surface area contributed by atoms with Crippen LogP contribution < -0.4 is 0 Å². The molecule has 1 N–H and O–H groups in total. The summed E-state index contributed by atoms with van der Waals surface area (Å²) in [6, 6.07) is -0.231. The van der Waals surface area contributed by atoms with Gasteiger partial charge in [-0.05, 0) is 99.8 Å². The lowest BCUT2D eigenvalue weighted by atomic mass is 9.60. The molecule has 0 aromatic rings. The van der Waals surface area contributed by atoms with Crippen molar-refractivity contribution < 1.29 is 31.5 Å². The third-order valence-corrected chi connectivity index (χ3v) is 14.6. The zero-order valence-corrected chi connectivity index (χ0v) is 25.7. The van der Waals surface area contributed by atoms with Gasteiger partial charge >= 0.3 is 12.1 Å². The molecule has 5 rings (SSSR count). The Kier molecular flexibility index (Phi) is 9.72. The summed E-state index contributed by atoms with van der Waals surface area (Å²) in [5.41, 5.74) is 0. The average molecular weight is 605 g/mol. The topological polar surface area (TPSA) is 77.9 Å². The van der Waals surface area contributed by atoms with Gasteiger partial charge in [0.25, 0.3) is 0 Å². The number of hydrogen-bond donors (Lipinski definition) is 1. The number of carbonyl (C=O) groups is 1. The van der Waals surface area contributed by atoms with E-state index in [-0.39, 0.29) is 50.4 Å². The fourth-order valence-corrected chi connectivity index (χ4v) is 12.1. The van der Waals surface area contributed by atoms with Crippen molar-refractivity contribution >= 4 is 16.0 Å². The van der Waals surface area contributed by atoms with Crippen molar-refractivity contribution in [3.8, 4) is 0 Å². The fraction of sp³-hybridized carbons (Fsp3) is 0.968.